The predicted octanol–water partition coefficient (Wildman–Crippen LogP) is 2.48. The van der Waals surface area contributed by atoms with Crippen molar-refractivity contribution in [2.45, 2.75) is 32.4 Å². The fourth-order valence-corrected chi connectivity index (χ4v) is 4.56. The molecular weight excluding hydrogens is 400 g/mol. The second-order valence-electron chi connectivity index (χ2n) is 7.24. The summed E-state index contributed by atoms with van der Waals surface area (Å²) in [4.78, 5) is 18.0. The molecule has 1 amide bonds. The van der Waals surface area contributed by atoms with E-state index in [9.17, 15) is 4.79 Å². The molecule has 8 heteroatoms. The number of amidine groups is 1. The maximum absolute atomic E-state index is 13.1. The lowest BCUT2D eigenvalue weighted by molar-refractivity contribution is -0.116. The molecule has 1 N–H and O–H groups in total. The molecule has 30 heavy (non-hydrogen) atoms. The fraction of sp³-hybridized carbons (Fsp3) is 0.318. The van der Waals surface area contributed by atoms with Gasteiger partial charge in [-0.05, 0) is 24.6 Å². The summed E-state index contributed by atoms with van der Waals surface area (Å²) in [6.07, 6.45) is 2.95. The van der Waals surface area contributed by atoms with E-state index < -0.39 is 6.17 Å². The molecule has 0 bridgehead atoms. The average Bonchev–Trinajstić information content (AvgIpc) is 3.24. The maximum atomic E-state index is 13.1. The summed E-state index contributed by atoms with van der Waals surface area (Å²) in [5, 5.41) is 11.6. The number of rotatable bonds is 5. The highest BCUT2D eigenvalue weighted by Gasteiger charge is 2.35. The Bertz CT molecular complexity index is 1150. The Morgan fingerprint density at radius 1 is 1.17 bits per heavy atom. The van der Waals surface area contributed by atoms with Crippen LogP contribution in [0.1, 0.15) is 37.9 Å². The molecule has 0 aliphatic carbocycles. The molecule has 3 aliphatic heterocycles. The Hall–Kier alpha value is -3.00. The van der Waals surface area contributed by atoms with Gasteiger partial charge in [-0.1, -0.05) is 55.8 Å². The number of amides is 1. The minimum absolute atomic E-state index is 0.156. The van der Waals surface area contributed by atoms with Crippen LogP contribution in [0.15, 0.2) is 52.6 Å². The van der Waals surface area contributed by atoms with Crippen molar-refractivity contribution in [2.24, 2.45) is 10.1 Å². The molecule has 0 saturated heterocycles. The topological polar surface area (TPSA) is 75.5 Å². The number of fused-ring (bicyclic) bond motifs is 3. The van der Waals surface area contributed by atoms with E-state index in [1.807, 2.05) is 42.5 Å². The van der Waals surface area contributed by atoms with E-state index in [0.29, 0.717) is 22.4 Å². The molecule has 0 radical (unpaired) electrons. The first kappa shape index (κ1) is 19.0. The molecule has 3 aliphatic rings. The van der Waals surface area contributed by atoms with Gasteiger partial charge in [0.1, 0.15) is 5.70 Å². The lowest BCUT2D eigenvalue weighted by Crippen LogP contribution is -2.50. The van der Waals surface area contributed by atoms with E-state index in [1.54, 1.807) is 16.8 Å². The maximum Gasteiger partial charge on any atom is 0.276 e. The van der Waals surface area contributed by atoms with Gasteiger partial charge in [0.05, 0.1) is 5.36 Å². The number of carbonyl (C=O) groups is 1. The second kappa shape index (κ2) is 8.02. The monoisotopic (exact) mass is 422 g/mol. The largest absolute Gasteiger partial charge is 0.454 e. The van der Waals surface area contributed by atoms with Crippen LogP contribution in [0.4, 0.5) is 0 Å². The van der Waals surface area contributed by atoms with Crippen molar-refractivity contribution in [1.29, 1.82) is 0 Å². The molecule has 1 unspecified atom stereocenters. The van der Waals surface area contributed by atoms with Crippen molar-refractivity contribution in [2.75, 3.05) is 12.5 Å². The number of hydrazone groups is 1. The molecule has 0 spiro atoms. The van der Waals surface area contributed by atoms with Crippen LogP contribution >= 0.6 is 11.8 Å². The molecule has 1 atom stereocenters. The minimum atomic E-state index is -0.457. The van der Waals surface area contributed by atoms with Gasteiger partial charge in [-0.2, -0.15) is 0 Å². The van der Waals surface area contributed by atoms with Gasteiger partial charge in [0.25, 0.3) is 5.91 Å². The molecule has 0 saturated carbocycles. The molecule has 154 valence electrons. The van der Waals surface area contributed by atoms with Crippen molar-refractivity contribution in [1.82, 2.24) is 10.3 Å². The Balaban J connectivity index is 1.57. The summed E-state index contributed by atoms with van der Waals surface area (Å²) >= 11 is 1.57. The van der Waals surface area contributed by atoms with E-state index in [-0.39, 0.29) is 12.7 Å². The third-order valence-electron chi connectivity index (χ3n) is 5.20. The van der Waals surface area contributed by atoms with Gasteiger partial charge in [0.15, 0.2) is 22.8 Å². The smallest absolute Gasteiger partial charge is 0.276 e. The number of carbonyl (C=O) groups excluding carboxylic acids is 1. The third-order valence-corrected chi connectivity index (χ3v) is 6.15. The molecule has 7 nitrogen and oxygen atoms in total. The summed E-state index contributed by atoms with van der Waals surface area (Å²) in [6.45, 7) is 2.39. The Morgan fingerprint density at radius 2 is 2.03 bits per heavy atom. The lowest BCUT2D eigenvalue weighted by Gasteiger charge is -2.34. The Morgan fingerprint density at radius 3 is 2.93 bits per heavy atom. The van der Waals surface area contributed by atoms with Crippen LogP contribution in [-0.2, 0) is 4.79 Å². The van der Waals surface area contributed by atoms with Crippen LogP contribution in [0.25, 0.3) is 5.70 Å². The standard InChI is InChI=1S/C22H22N4O3S/c1-2-3-6-11-30-22-24-21(27)19-15-7-4-5-8-16(15)23-20(26(19)25-22)14-9-10-17-18(12-14)29-13-28-17/h4-5,7-10,12,20H,2-3,6,11,13H2,1H3,(H,24,25,27). The zero-order chi connectivity index (χ0) is 20.5. The van der Waals surface area contributed by atoms with E-state index in [0.717, 1.165) is 41.2 Å². The first-order valence-corrected chi connectivity index (χ1v) is 11.1. The Labute approximate surface area is 178 Å². The van der Waals surface area contributed by atoms with E-state index in [4.69, 9.17) is 19.6 Å². The van der Waals surface area contributed by atoms with Gasteiger partial charge >= 0.3 is 0 Å². The van der Waals surface area contributed by atoms with Crippen LogP contribution in [0, 0.1) is 0 Å². The van der Waals surface area contributed by atoms with Crippen molar-refractivity contribution >= 4 is 28.5 Å². The first-order valence-electron chi connectivity index (χ1n) is 10.1. The summed E-state index contributed by atoms with van der Waals surface area (Å²) in [5.74, 6) is 2.16. The molecule has 3 heterocycles. The first-order chi connectivity index (χ1) is 14.7. The van der Waals surface area contributed by atoms with Crippen molar-refractivity contribution < 1.29 is 14.3 Å². The number of ether oxygens (including phenoxy) is 2. The number of unbranched alkanes of at least 4 members (excludes halogenated alkanes) is 2. The minimum Gasteiger partial charge on any atom is -0.454 e. The van der Waals surface area contributed by atoms with Gasteiger partial charge in [0.2, 0.25) is 6.79 Å². The quantitative estimate of drug-likeness (QED) is 0.750. The summed E-state index contributed by atoms with van der Waals surface area (Å²) < 4.78 is 11.0. The molecule has 0 aromatic heterocycles. The summed E-state index contributed by atoms with van der Waals surface area (Å²) in [7, 11) is 0. The number of nitrogens with one attached hydrogen (secondary N) is 1. The van der Waals surface area contributed by atoms with Crippen molar-refractivity contribution in [3.05, 3.63) is 58.6 Å². The number of hydrogen-bond donors (Lipinski definition) is 1. The highest BCUT2D eigenvalue weighted by molar-refractivity contribution is 8.13. The number of thioether (sulfide) groups is 1. The fourth-order valence-electron chi connectivity index (χ4n) is 3.70. The molecule has 5 rings (SSSR count). The second-order valence-corrected chi connectivity index (χ2v) is 8.32. The number of hydrogen-bond acceptors (Lipinski definition) is 7. The Kier molecular flexibility index (Phi) is 5.08. The highest BCUT2D eigenvalue weighted by atomic mass is 32.2. The zero-order valence-corrected chi connectivity index (χ0v) is 17.4. The van der Waals surface area contributed by atoms with E-state index in [1.165, 1.54) is 0 Å². The predicted molar refractivity (Wildman–Crippen MR) is 115 cm³/mol. The summed E-state index contributed by atoms with van der Waals surface area (Å²) in [6, 6.07) is 13.4. The zero-order valence-electron chi connectivity index (χ0n) is 16.6. The van der Waals surface area contributed by atoms with Crippen LogP contribution < -0.4 is 25.4 Å². The SMILES string of the molecule is CCCCCSC1=NN2C(=c3ccccc3=NC2c2ccc3c(c2)OCO3)C(=O)N1. The molecule has 2 aromatic carbocycles. The third kappa shape index (κ3) is 3.41. The van der Waals surface area contributed by atoms with E-state index in [2.05, 4.69) is 12.2 Å². The van der Waals surface area contributed by atoms with Gasteiger partial charge in [-0.25, -0.2) is 5.01 Å². The molecule has 0 fully saturated rings. The van der Waals surface area contributed by atoms with Crippen LogP contribution in [0.2, 0.25) is 0 Å². The van der Waals surface area contributed by atoms with Crippen molar-refractivity contribution in [3.63, 3.8) is 0 Å². The number of nitrogens with zero attached hydrogens (tertiary/aromatic N) is 3. The van der Waals surface area contributed by atoms with Crippen LogP contribution in [0.3, 0.4) is 0 Å². The highest BCUT2D eigenvalue weighted by Crippen LogP contribution is 2.38. The number of para-hydroxylation sites is 1. The van der Waals surface area contributed by atoms with E-state index >= 15 is 0 Å². The van der Waals surface area contributed by atoms with Gasteiger partial charge < -0.3 is 9.47 Å². The molecule has 2 aromatic rings. The van der Waals surface area contributed by atoms with Gasteiger partial charge in [-0.15, -0.1) is 5.10 Å². The van der Waals surface area contributed by atoms with Gasteiger partial charge in [-0.3, -0.25) is 15.1 Å². The average molecular weight is 423 g/mol. The lowest BCUT2D eigenvalue weighted by atomic mass is 10.1. The van der Waals surface area contributed by atoms with Crippen molar-refractivity contribution in [3.8, 4) is 11.5 Å². The van der Waals surface area contributed by atoms with Gasteiger partial charge in [0, 0.05) is 16.5 Å². The van der Waals surface area contributed by atoms with Crippen LogP contribution in [-0.4, -0.2) is 28.6 Å². The normalized spacial score (nSPS) is 18.9. The molecular formula is C22H22N4O3S. The number of benzene rings is 2. The summed E-state index contributed by atoms with van der Waals surface area (Å²) in [5.41, 5.74) is 1.40. The van der Waals surface area contributed by atoms with Crippen LogP contribution in [0.5, 0.6) is 11.5 Å².